The van der Waals surface area contributed by atoms with Crippen LogP contribution in [0.25, 0.3) is 0 Å². The first-order chi connectivity index (χ1) is 11.0. The summed E-state index contributed by atoms with van der Waals surface area (Å²) in [6, 6.07) is 4.11. The van der Waals surface area contributed by atoms with Gasteiger partial charge >= 0.3 is 6.36 Å². The molecule has 12 heteroatoms. The summed E-state index contributed by atoms with van der Waals surface area (Å²) in [6.45, 7) is -0.220. The largest absolute Gasteiger partial charge is 0.573 e. The van der Waals surface area contributed by atoms with Gasteiger partial charge in [-0.25, -0.2) is 23.5 Å². The van der Waals surface area contributed by atoms with Crippen molar-refractivity contribution in [2.45, 2.75) is 17.8 Å². The number of sulfonamides is 1. The molecule has 0 atom stereocenters. The molecule has 130 valence electrons. The maximum Gasteiger partial charge on any atom is 0.573 e. The normalized spacial score (nSPS) is 12.0. The van der Waals surface area contributed by atoms with E-state index in [0.29, 0.717) is 0 Å². The highest BCUT2D eigenvalue weighted by atomic mass is 35.5. The predicted octanol–water partition coefficient (Wildman–Crippen LogP) is 2.29. The Morgan fingerprint density at radius 3 is 2.54 bits per heavy atom. The lowest BCUT2D eigenvalue weighted by Gasteiger charge is -2.15. The molecule has 0 unspecified atom stereocenters. The van der Waals surface area contributed by atoms with Crippen molar-refractivity contribution in [1.82, 2.24) is 9.97 Å². The van der Waals surface area contributed by atoms with E-state index in [0.717, 1.165) is 24.5 Å². The number of nitrogens with two attached hydrogens (primary N) is 1. The minimum absolute atomic E-state index is 0.0893. The zero-order valence-electron chi connectivity index (χ0n) is 11.7. The van der Waals surface area contributed by atoms with Crippen molar-refractivity contribution < 1.29 is 26.3 Å². The summed E-state index contributed by atoms with van der Waals surface area (Å²) in [4.78, 5) is 7.12. The Kier molecular flexibility index (Phi) is 5.16. The van der Waals surface area contributed by atoms with Crippen molar-refractivity contribution in [2.75, 3.05) is 5.32 Å². The molecule has 7 nitrogen and oxygen atoms in total. The highest BCUT2D eigenvalue weighted by molar-refractivity contribution is 7.89. The molecule has 0 aliphatic heterocycles. The van der Waals surface area contributed by atoms with Crippen LogP contribution < -0.4 is 15.2 Å². The van der Waals surface area contributed by atoms with Crippen LogP contribution in [0.5, 0.6) is 5.75 Å². The summed E-state index contributed by atoms with van der Waals surface area (Å²) < 4.78 is 63.9. The van der Waals surface area contributed by atoms with Crippen LogP contribution in [-0.4, -0.2) is 24.7 Å². The van der Waals surface area contributed by atoms with E-state index < -0.39 is 22.1 Å². The molecule has 0 saturated carbocycles. The molecule has 0 saturated heterocycles. The van der Waals surface area contributed by atoms with Gasteiger partial charge in [0.05, 0.1) is 4.90 Å². The number of benzene rings is 1. The minimum Gasteiger partial charge on any atom is -0.405 e. The molecule has 0 amide bonds. The predicted molar refractivity (Wildman–Crippen MR) is 78.9 cm³/mol. The summed E-state index contributed by atoms with van der Waals surface area (Å²) >= 11 is 5.67. The topological polar surface area (TPSA) is 107 Å². The van der Waals surface area contributed by atoms with Crippen molar-refractivity contribution in [3.63, 3.8) is 0 Å². The number of nitrogens with one attached hydrogen (secondary N) is 1. The van der Waals surface area contributed by atoms with Gasteiger partial charge in [0, 0.05) is 18.2 Å². The summed E-state index contributed by atoms with van der Waals surface area (Å²) in [7, 11) is -4.09. The molecule has 1 aromatic carbocycles. The molecule has 0 bridgehead atoms. The fourth-order valence-corrected chi connectivity index (χ4v) is 2.42. The minimum atomic E-state index is -4.93. The zero-order chi connectivity index (χ0) is 18.0. The van der Waals surface area contributed by atoms with Gasteiger partial charge in [-0.2, -0.15) is 0 Å². The van der Waals surface area contributed by atoms with Crippen molar-refractivity contribution in [2.24, 2.45) is 5.14 Å². The van der Waals surface area contributed by atoms with Crippen LogP contribution in [0.1, 0.15) is 5.56 Å². The lowest BCUT2D eigenvalue weighted by atomic mass is 10.2. The molecule has 1 heterocycles. The Balaban J connectivity index is 2.32. The van der Waals surface area contributed by atoms with Crippen LogP contribution in [0.2, 0.25) is 5.15 Å². The van der Waals surface area contributed by atoms with Gasteiger partial charge in [-0.15, -0.1) is 13.2 Å². The maximum atomic E-state index is 12.4. The van der Waals surface area contributed by atoms with E-state index in [4.69, 9.17) is 16.7 Å². The van der Waals surface area contributed by atoms with Gasteiger partial charge in [0.25, 0.3) is 0 Å². The van der Waals surface area contributed by atoms with Gasteiger partial charge in [-0.05, 0) is 18.2 Å². The monoisotopic (exact) mass is 382 g/mol. The first-order valence-electron chi connectivity index (χ1n) is 6.17. The molecule has 0 aliphatic carbocycles. The summed E-state index contributed by atoms with van der Waals surface area (Å²) in [5.74, 6) is -0.337. The second-order valence-electron chi connectivity index (χ2n) is 4.44. The molecule has 2 rings (SSSR count). The first-order valence-corrected chi connectivity index (χ1v) is 8.10. The number of nitrogens with zero attached hydrogens (tertiary/aromatic N) is 2. The number of hydrogen-bond donors (Lipinski definition) is 2. The lowest BCUT2D eigenvalue weighted by molar-refractivity contribution is -0.274. The Labute approximate surface area is 139 Å². The van der Waals surface area contributed by atoms with E-state index in [2.05, 4.69) is 20.0 Å². The van der Waals surface area contributed by atoms with E-state index in [1.165, 1.54) is 6.07 Å². The number of anilines is 1. The number of primary sulfonamides is 1. The van der Waals surface area contributed by atoms with Gasteiger partial charge in [0.2, 0.25) is 10.0 Å². The van der Waals surface area contributed by atoms with E-state index in [9.17, 15) is 21.6 Å². The quantitative estimate of drug-likeness (QED) is 0.768. The molecule has 2 aromatic rings. The summed E-state index contributed by atoms with van der Waals surface area (Å²) in [5, 5.41) is 7.79. The number of ether oxygens (including phenoxy) is 1. The standard InChI is InChI=1S/C12H10ClF3N4O3S/c13-10-4-11(20-6-19-10)18-5-7-3-8(24(17,21)22)1-2-9(7)23-12(14,15)16/h1-4,6H,5H2,(H2,17,21,22)(H,18,19,20). The van der Waals surface area contributed by atoms with Crippen LogP contribution in [0.3, 0.4) is 0 Å². The van der Waals surface area contributed by atoms with Gasteiger partial charge in [-0.3, -0.25) is 0 Å². The molecule has 0 aliphatic rings. The Hall–Kier alpha value is -2.11. The second-order valence-corrected chi connectivity index (χ2v) is 6.39. The molecule has 3 N–H and O–H groups in total. The van der Waals surface area contributed by atoms with E-state index in [1.54, 1.807) is 0 Å². The van der Waals surface area contributed by atoms with E-state index in [-0.39, 0.29) is 28.0 Å². The van der Waals surface area contributed by atoms with E-state index >= 15 is 0 Å². The van der Waals surface area contributed by atoms with Crippen LogP contribution >= 0.6 is 11.6 Å². The molecule has 0 fully saturated rings. The molecule has 0 spiro atoms. The average molecular weight is 383 g/mol. The third-order valence-corrected chi connectivity index (χ3v) is 3.80. The highest BCUT2D eigenvalue weighted by Gasteiger charge is 2.32. The van der Waals surface area contributed by atoms with Crippen molar-refractivity contribution in [3.05, 3.63) is 41.3 Å². The fourth-order valence-electron chi connectivity index (χ4n) is 1.71. The average Bonchev–Trinajstić information content (AvgIpc) is 2.43. The zero-order valence-corrected chi connectivity index (χ0v) is 13.3. The van der Waals surface area contributed by atoms with E-state index in [1.807, 2.05) is 0 Å². The molecular weight excluding hydrogens is 373 g/mol. The smallest absolute Gasteiger partial charge is 0.405 e. The second kappa shape index (κ2) is 6.79. The highest BCUT2D eigenvalue weighted by Crippen LogP contribution is 2.29. The summed E-state index contributed by atoms with van der Waals surface area (Å²) in [5.41, 5.74) is -0.0893. The van der Waals surface area contributed by atoms with Crippen LogP contribution in [0.15, 0.2) is 35.5 Å². The first kappa shape index (κ1) is 18.2. The number of alkyl halides is 3. The molecule has 0 radical (unpaired) electrons. The Bertz CT molecular complexity index is 846. The number of hydrogen-bond acceptors (Lipinski definition) is 6. The third-order valence-electron chi connectivity index (χ3n) is 2.68. The number of rotatable bonds is 5. The van der Waals surface area contributed by atoms with Crippen molar-refractivity contribution in [3.8, 4) is 5.75 Å². The maximum absolute atomic E-state index is 12.4. The molecule has 24 heavy (non-hydrogen) atoms. The number of halogens is 4. The van der Waals surface area contributed by atoms with Crippen molar-refractivity contribution in [1.29, 1.82) is 0 Å². The van der Waals surface area contributed by atoms with Gasteiger partial charge in [0.1, 0.15) is 23.0 Å². The fraction of sp³-hybridized carbons (Fsp3) is 0.167. The molecular formula is C12H10ClF3N4O3S. The van der Waals surface area contributed by atoms with Gasteiger partial charge < -0.3 is 10.1 Å². The van der Waals surface area contributed by atoms with Crippen LogP contribution in [0.4, 0.5) is 19.0 Å². The Morgan fingerprint density at radius 2 is 1.96 bits per heavy atom. The van der Waals surface area contributed by atoms with Crippen LogP contribution in [-0.2, 0) is 16.6 Å². The summed E-state index contributed by atoms with van der Waals surface area (Å²) in [6.07, 6.45) is -3.78. The lowest BCUT2D eigenvalue weighted by Crippen LogP contribution is -2.19. The van der Waals surface area contributed by atoms with Gasteiger partial charge in [0.15, 0.2) is 0 Å². The van der Waals surface area contributed by atoms with Crippen molar-refractivity contribution >= 4 is 27.4 Å². The van der Waals surface area contributed by atoms with Crippen LogP contribution in [0, 0.1) is 0 Å². The number of aromatic nitrogens is 2. The molecule has 1 aromatic heterocycles. The SMILES string of the molecule is NS(=O)(=O)c1ccc(OC(F)(F)F)c(CNc2cc(Cl)ncn2)c1. The van der Waals surface area contributed by atoms with Gasteiger partial charge in [-0.1, -0.05) is 11.6 Å². The Morgan fingerprint density at radius 1 is 1.25 bits per heavy atom. The third kappa shape index (κ3) is 5.22.